The maximum absolute atomic E-state index is 11.9. The minimum atomic E-state index is -3.22. The first-order chi connectivity index (χ1) is 10.4. The number of nitrogens with zero attached hydrogens (tertiary/aromatic N) is 3. The summed E-state index contributed by atoms with van der Waals surface area (Å²) in [6.07, 6.45) is 7.80. The SMILES string of the molecule is Cc1cc(NC2CCCC2)nc([C@H]2CCCN2S(C)(=O)=O)n1. The van der Waals surface area contributed by atoms with Crippen molar-refractivity contribution in [2.75, 3.05) is 18.1 Å². The highest BCUT2D eigenvalue weighted by Gasteiger charge is 2.34. The van der Waals surface area contributed by atoms with Crippen molar-refractivity contribution in [3.05, 3.63) is 17.6 Å². The standard InChI is InChI=1S/C15H24N4O2S/c1-11-10-14(17-12-6-3-4-7-12)18-15(16-11)13-8-5-9-19(13)22(2,20)21/h10,12-13H,3-9H2,1-2H3,(H,16,17,18)/t13-/m1/s1. The fourth-order valence-corrected chi connectivity index (χ4v) is 4.61. The molecule has 1 aliphatic carbocycles. The molecular formula is C15H24N4O2S. The molecule has 1 saturated heterocycles. The van der Waals surface area contributed by atoms with Gasteiger partial charge >= 0.3 is 0 Å². The Hall–Kier alpha value is -1.21. The second-order valence-electron chi connectivity index (χ2n) is 6.41. The van der Waals surface area contributed by atoms with Crippen LogP contribution in [0.2, 0.25) is 0 Å². The van der Waals surface area contributed by atoms with Crippen LogP contribution in [-0.4, -0.2) is 41.5 Å². The molecule has 2 aliphatic rings. The fourth-order valence-electron chi connectivity index (χ4n) is 3.49. The Kier molecular flexibility index (Phi) is 4.36. The van der Waals surface area contributed by atoms with E-state index in [1.54, 1.807) is 0 Å². The van der Waals surface area contributed by atoms with Crippen molar-refractivity contribution in [2.45, 2.75) is 57.5 Å². The Bertz CT molecular complexity index is 641. The summed E-state index contributed by atoms with van der Waals surface area (Å²) in [5, 5.41) is 3.48. The van der Waals surface area contributed by atoms with Gasteiger partial charge in [-0.3, -0.25) is 0 Å². The number of aryl methyl sites for hydroxylation is 1. The van der Waals surface area contributed by atoms with E-state index in [1.807, 2.05) is 13.0 Å². The lowest BCUT2D eigenvalue weighted by Crippen LogP contribution is -2.30. The summed E-state index contributed by atoms with van der Waals surface area (Å²) in [6.45, 7) is 2.50. The number of rotatable bonds is 4. The summed E-state index contributed by atoms with van der Waals surface area (Å²) in [4.78, 5) is 9.11. The fraction of sp³-hybridized carbons (Fsp3) is 0.733. The van der Waals surface area contributed by atoms with E-state index in [9.17, 15) is 8.42 Å². The van der Waals surface area contributed by atoms with Gasteiger partial charge < -0.3 is 5.32 Å². The molecule has 3 rings (SSSR count). The number of hydrogen-bond donors (Lipinski definition) is 1. The average molecular weight is 324 g/mol. The van der Waals surface area contributed by atoms with E-state index < -0.39 is 10.0 Å². The van der Waals surface area contributed by atoms with Crippen molar-refractivity contribution in [1.29, 1.82) is 0 Å². The molecule has 2 fully saturated rings. The molecule has 0 unspecified atom stereocenters. The molecule has 6 nitrogen and oxygen atoms in total. The summed E-state index contributed by atoms with van der Waals surface area (Å²) in [7, 11) is -3.22. The Morgan fingerprint density at radius 3 is 2.59 bits per heavy atom. The highest BCUT2D eigenvalue weighted by atomic mass is 32.2. The van der Waals surface area contributed by atoms with E-state index in [-0.39, 0.29) is 6.04 Å². The van der Waals surface area contributed by atoms with Gasteiger partial charge in [0, 0.05) is 24.3 Å². The zero-order chi connectivity index (χ0) is 15.7. The third-order valence-corrected chi connectivity index (χ3v) is 5.80. The molecule has 122 valence electrons. The lowest BCUT2D eigenvalue weighted by atomic mass is 10.2. The molecule has 0 spiro atoms. The van der Waals surface area contributed by atoms with Gasteiger partial charge in [-0.25, -0.2) is 18.4 Å². The Balaban J connectivity index is 1.85. The molecule has 1 N–H and O–H groups in total. The van der Waals surface area contributed by atoms with Gasteiger partial charge in [0.1, 0.15) is 11.6 Å². The topological polar surface area (TPSA) is 75.2 Å². The predicted octanol–water partition coefficient (Wildman–Crippen LogP) is 2.24. The largest absolute Gasteiger partial charge is 0.367 e. The van der Waals surface area contributed by atoms with Gasteiger partial charge in [0.2, 0.25) is 10.0 Å². The molecule has 7 heteroatoms. The lowest BCUT2D eigenvalue weighted by molar-refractivity contribution is 0.386. The molecule has 0 radical (unpaired) electrons. The van der Waals surface area contributed by atoms with Gasteiger partial charge in [0.25, 0.3) is 0 Å². The summed E-state index contributed by atoms with van der Waals surface area (Å²) in [5.41, 5.74) is 0.880. The van der Waals surface area contributed by atoms with Gasteiger partial charge in [-0.15, -0.1) is 0 Å². The van der Waals surface area contributed by atoms with Gasteiger partial charge in [-0.2, -0.15) is 4.31 Å². The number of aromatic nitrogens is 2. The third-order valence-electron chi connectivity index (χ3n) is 4.51. The zero-order valence-corrected chi connectivity index (χ0v) is 14.1. The van der Waals surface area contributed by atoms with Gasteiger partial charge in [0.15, 0.2) is 0 Å². The summed E-state index contributed by atoms with van der Waals surface area (Å²) < 4.78 is 25.4. The lowest BCUT2D eigenvalue weighted by Gasteiger charge is -2.22. The molecule has 1 atom stereocenters. The van der Waals surface area contributed by atoms with E-state index >= 15 is 0 Å². The van der Waals surface area contributed by atoms with Crippen LogP contribution in [-0.2, 0) is 10.0 Å². The van der Waals surface area contributed by atoms with Crippen LogP contribution in [0.5, 0.6) is 0 Å². The first-order valence-corrected chi connectivity index (χ1v) is 9.87. The van der Waals surface area contributed by atoms with Crippen molar-refractivity contribution in [3.8, 4) is 0 Å². The smallest absolute Gasteiger partial charge is 0.211 e. The summed E-state index contributed by atoms with van der Waals surface area (Å²) >= 11 is 0. The molecule has 0 amide bonds. The minimum Gasteiger partial charge on any atom is -0.367 e. The van der Waals surface area contributed by atoms with Crippen LogP contribution in [0.3, 0.4) is 0 Å². The van der Waals surface area contributed by atoms with Crippen molar-refractivity contribution < 1.29 is 8.42 Å². The van der Waals surface area contributed by atoms with Crippen LogP contribution in [0, 0.1) is 6.92 Å². The monoisotopic (exact) mass is 324 g/mol. The van der Waals surface area contributed by atoms with E-state index in [0.717, 1.165) is 24.4 Å². The molecular weight excluding hydrogens is 300 g/mol. The van der Waals surface area contributed by atoms with Crippen LogP contribution in [0.25, 0.3) is 0 Å². The maximum atomic E-state index is 11.9. The van der Waals surface area contributed by atoms with Crippen molar-refractivity contribution in [3.63, 3.8) is 0 Å². The quantitative estimate of drug-likeness (QED) is 0.919. The minimum absolute atomic E-state index is 0.223. The van der Waals surface area contributed by atoms with Gasteiger partial charge in [0.05, 0.1) is 12.3 Å². The maximum Gasteiger partial charge on any atom is 0.211 e. The second kappa shape index (κ2) is 6.12. The average Bonchev–Trinajstić information content (AvgIpc) is 3.07. The zero-order valence-electron chi connectivity index (χ0n) is 13.2. The molecule has 1 aliphatic heterocycles. The van der Waals surface area contributed by atoms with Crippen LogP contribution in [0.1, 0.15) is 56.1 Å². The van der Waals surface area contributed by atoms with Gasteiger partial charge in [-0.1, -0.05) is 12.8 Å². The molecule has 22 heavy (non-hydrogen) atoms. The van der Waals surface area contributed by atoms with Crippen molar-refractivity contribution >= 4 is 15.8 Å². The Labute approximate surface area is 132 Å². The molecule has 1 saturated carbocycles. The number of anilines is 1. The van der Waals surface area contributed by atoms with Crippen molar-refractivity contribution in [2.24, 2.45) is 0 Å². The first kappa shape index (κ1) is 15.7. The van der Waals surface area contributed by atoms with Crippen LogP contribution in [0.15, 0.2) is 6.07 Å². The van der Waals surface area contributed by atoms with Crippen molar-refractivity contribution in [1.82, 2.24) is 14.3 Å². The highest BCUT2D eigenvalue weighted by Crippen LogP contribution is 2.32. The van der Waals surface area contributed by atoms with E-state index in [4.69, 9.17) is 0 Å². The second-order valence-corrected chi connectivity index (χ2v) is 8.35. The number of sulfonamides is 1. The Morgan fingerprint density at radius 1 is 1.18 bits per heavy atom. The summed E-state index contributed by atoms with van der Waals surface area (Å²) in [5.74, 6) is 1.46. The Morgan fingerprint density at radius 2 is 1.91 bits per heavy atom. The molecule has 2 heterocycles. The van der Waals surface area contributed by atoms with Crippen LogP contribution >= 0.6 is 0 Å². The van der Waals surface area contributed by atoms with E-state index in [1.165, 1.54) is 36.2 Å². The molecule has 0 bridgehead atoms. The number of nitrogens with one attached hydrogen (secondary N) is 1. The molecule has 0 aromatic carbocycles. The van der Waals surface area contributed by atoms with Gasteiger partial charge in [-0.05, 0) is 32.6 Å². The first-order valence-electron chi connectivity index (χ1n) is 8.02. The van der Waals surface area contributed by atoms with Crippen LogP contribution < -0.4 is 5.32 Å². The number of hydrogen-bond acceptors (Lipinski definition) is 5. The summed E-state index contributed by atoms with van der Waals surface area (Å²) in [6, 6.07) is 2.21. The normalized spacial score (nSPS) is 24.0. The van der Waals surface area contributed by atoms with E-state index in [0.29, 0.717) is 18.4 Å². The predicted molar refractivity (Wildman–Crippen MR) is 86.2 cm³/mol. The highest BCUT2D eigenvalue weighted by molar-refractivity contribution is 7.88. The van der Waals surface area contributed by atoms with Crippen LogP contribution in [0.4, 0.5) is 5.82 Å². The third kappa shape index (κ3) is 3.41. The molecule has 1 aromatic rings. The molecule has 1 aromatic heterocycles. The van der Waals surface area contributed by atoms with E-state index in [2.05, 4.69) is 15.3 Å².